The van der Waals surface area contributed by atoms with Gasteiger partial charge < -0.3 is 9.72 Å². The summed E-state index contributed by atoms with van der Waals surface area (Å²) in [4.78, 5) is 26.4. The number of imidazole rings is 2. The van der Waals surface area contributed by atoms with Crippen LogP contribution in [0.25, 0.3) is 34.2 Å². The van der Waals surface area contributed by atoms with Gasteiger partial charge in [-0.25, -0.2) is 14.8 Å². The van der Waals surface area contributed by atoms with Crippen LogP contribution in [0.3, 0.4) is 0 Å². The van der Waals surface area contributed by atoms with Crippen molar-refractivity contribution in [2.45, 2.75) is 19.7 Å². The maximum absolute atomic E-state index is 12.5. The lowest BCUT2D eigenvalue weighted by molar-refractivity contribution is -0.274. The molecule has 164 valence electrons. The molecular weight excluding hydrogens is 423 g/mol. The van der Waals surface area contributed by atoms with Crippen LogP contribution in [0.1, 0.15) is 19.0 Å². The zero-order valence-electron chi connectivity index (χ0n) is 16.9. The summed E-state index contributed by atoms with van der Waals surface area (Å²) >= 11 is 0. The van der Waals surface area contributed by atoms with Crippen molar-refractivity contribution in [3.8, 4) is 22.8 Å². The number of nitrogens with zero attached hydrogens (tertiary/aromatic N) is 3. The maximum Gasteiger partial charge on any atom is 0.573 e. The molecule has 7 nitrogen and oxygen atoms in total. The number of H-pyrrole nitrogens is 2. The van der Waals surface area contributed by atoms with E-state index in [1.807, 2.05) is 13.0 Å². The predicted molar refractivity (Wildman–Crippen MR) is 117 cm³/mol. The van der Waals surface area contributed by atoms with Gasteiger partial charge in [-0.1, -0.05) is 13.0 Å². The Balaban J connectivity index is 1.68. The number of aromatic nitrogens is 4. The van der Waals surface area contributed by atoms with Crippen LogP contribution in [0.5, 0.6) is 5.75 Å². The number of fused-ring (bicyclic) bond motifs is 1. The third-order valence-corrected chi connectivity index (χ3v) is 4.67. The molecule has 0 aliphatic rings. The average Bonchev–Trinajstić information content (AvgIpc) is 3.31. The maximum atomic E-state index is 12.5. The van der Waals surface area contributed by atoms with Gasteiger partial charge in [-0.3, -0.25) is 9.55 Å². The highest BCUT2D eigenvalue weighted by Crippen LogP contribution is 2.28. The topological polar surface area (TPSA) is 88.1 Å². The Hall–Kier alpha value is -4.08. The molecule has 4 aromatic rings. The molecule has 4 rings (SSSR count). The van der Waals surface area contributed by atoms with Crippen LogP contribution >= 0.6 is 0 Å². The monoisotopic (exact) mass is 441 g/mol. The summed E-state index contributed by atoms with van der Waals surface area (Å²) in [5.41, 5.74) is 2.44. The predicted octanol–water partition coefficient (Wildman–Crippen LogP) is 5.36. The molecular formula is C22H18F3N5O2. The van der Waals surface area contributed by atoms with Crippen molar-refractivity contribution >= 4 is 29.6 Å². The second-order valence-corrected chi connectivity index (χ2v) is 6.83. The molecule has 0 atom stereocenters. The summed E-state index contributed by atoms with van der Waals surface area (Å²) in [5, 5.41) is 0. The summed E-state index contributed by atoms with van der Waals surface area (Å²) in [6.07, 6.45) is -0.269. The molecule has 0 radical (unpaired) electrons. The first-order valence-electron chi connectivity index (χ1n) is 9.63. The quantitative estimate of drug-likeness (QED) is 0.395. The summed E-state index contributed by atoms with van der Waals surface area (Å²) in [7, 11) is 0. The van der Waals surface area contributed by atoms with Crippen LogP contribution in [0, 0.1) is 0 Å². The highest BCUT2D eigenvalue weighted by Gasteiger charge is 2.31. The fourth-order valence-electron chi connectivity index (χ4n) is 3.29. The van der Waals surface area contributed by atoms with E-state index in [0.29, 0.717) is 39.6 Å². The molecule has 2 N–H and O–H groups in total. The Morgan fingerprint density at radius 1 is 1.19 bits per heavy atom. The van der Waals surface area contributed by atoms with Gasteiger partial charge in [-0.15, -0.1) is 13.2 Å². The number of benzene rings is 2. The molecule has 0 amide bonds. The van der Waals surface area contributed by atoms with Gasteiger partial charge in [0.25, 0.3) is 0 Å². The van der Waals surface area contributed by atoms with E-state index < -0.39 is 6.36 Å². The largest absolute Gasteiger partial charge is 0.573 e. The van der Waals surface area contributed by atoms with E-state index in [9.17, 15) is 18.0 Å². The highest BCUT2D eigenvalue weighted by molar-refractivity contribution is 5.81. The zero-order chi connectivity index (χ0) is 22.9. The molecule has 0 spiro atoms. The van der Waals surface area contributed by atoms with Gasteiger partial charge in [-0.2, -0.15) is 0 Å². The van der Waals surface area contributed by atoms with Crippen LogP contribution in [-0.4, -0.2) is 32.6 Å². The van der Waals surface area contributed by atoms with E-state index in [4.69, 9.17) is 0 Å². The van der Waals surface area contributed by atoms with Crippen LogP contribution in [0.2, 0.25) is 0 Å². The number of allylic oxidation sites excluding steroid dienone is 1. The molecule has 10 heteroatoms. The van der Waals surface area contributed by atoms with Crippen LogP contribution < -0.4 is 10.4 Å². The van der Waals surface area contributed by atoms with Crippen LogP contribution in [0.4, 0.5) is 19.0 Å². The third kappa shape index (κ3) is 4.20. The Morgan fingerprint density at radius 2 is 1.94 bits per heavy atom. The molecule has 0 saturated carbocycles. The summed E-state index contributed by atoms with van der Waals surface area (Å²) < 4.78 is 42.8. The lowest BCUT2D eigenvalue weighted by Gasteiger charge is -2.07. The van der Waals surface area contributed by atoms with Crippen molar-refractivity contribution in [3.05, 3.63) is 64.7 Å². The minimum atomic E-state index is -4.77. The smallest absolute Gasteiger partial charge is 0.406 e. The number of aliphatic imine (C=N–C) groups is 1. The van der Waals surface area contributed by atoms with Gasteiger partial charge in [0.05, 0.1) is 22.4 Å². The number of hydrogen-bond donors (Lipinski definition) is 2. The van der Waals surface area contributed by atoms with Crippen LogP contribution in [0.15, 0.2) is 58.3 Å². The van der Waals surface area contributed by atoms with E-state index in [1.54, 1.807) is 30.3 Å². The number of aromatic amines is 2. The molecule has 0 bridgehead atoms. The van der Waals surface area contributed by atoms with E-state index in [0.717, 1.165) is 6.42 Å². The van der Waals surface area contributed by atoms with Crippen molar-refractivity contribution in [2.24, 2.45) is 4.99 Å². The van der Waals surface area contributed by atoms with Gasteiger partial charge in [0, 0.05) is 11.6 Å². The molecule has 0 fully saturated rings. The number of halogens is 3. The van der Waals surface area contributed by atoms with E-state index >= 15 is 0 Å². The van der Waals surface area contributed by atoms with Crippen molar-refractivity contribution in [2.75, 3.05) is 0 Å². The van der Waals surface area contributed by atoms with Crippen LogP contribution in [-0.2, 0) is 0 Å². The normalized spacial score (nSPS) is 12.0. The van der Waals surface area contributed by atoms with Gasteiger partial charge in [0.2, 0.25) is 0 Å². The number of alkyl halides is 3. The molecule has 0 aliphatic heterocycles. The minimum Gasteiger partial charge on any atom is -0.406 e. The first-order chi connectivity index (χ1) is 15.3. The minimum absolute atomic E-state index is 0.332. The number of nitrogens with one attached hydrogen (secondary N) is 2. The first-order valence-corrected chi connectivity index (χ1v) is 9.63. The Kier molecular flexibility index (Phi) is 5.43. The van der Waals surface area contributed by atoms with Gasteiger partial charge in [0.1, 0.15) is 11.6 Å². The Bertz CT molecular complexity index is 1360. The lowest BCUT2D eigenvalue weighted by Crippen LogP contribution is -2.16. The summed E-state index contributed by atoms with van der Waals surface area (Å²) in [6, 6.07) is 10.9. The van der Waals surface area contributed by atoms with Crippen molar-refractivity contribution < 1.29 is 17.9 Å². The molecule has 2 aromatic carbocycles. The standard InChI is InChI=1S/C22H18F3N5O2/c1-3-4-5-18-20(26-2)29-21(31)30(18)14-8-6-13(7-9-14)19-27-16-11-10-15(12-17(16)28-19)32-22(23,24)25/h4-12H,2-3H2,1H3,(H,27,28)(H,29,31)/b5-4-. The first kappa shape index (κ1) is 21.2. The summed E-state index contributed by atoms with van der Waals surface area (Å²) in [5.74, 6) is 0.510. The van der Waals surface area contributed by atoms with Gasteiger partial charge in [-0.05, 0) is 55.6 Å². The second-order valence-electron chi connectivity index (χ2n) is 6.83. The van der Waals surface area contributed by atoms with E-state index in [-0.39, 0.29) is 11.4 Å². The summed E-state index contributed by atoms with van der Waals surface area (Å²) in [6.45, 7) is 5.48. The van der Waals surface area contributed by atoms with Gasteiger partial charge in [0.15, 0.2) is 5.82 Å². The van der Waals surface area contributed by atoms with E-state index in [2.05, 4.69) is 31.4 Å². The number of hydrogen-bond acceptors (Lipinski definition) is 4. The van der Waals surface area contributed by atoms with Crippen molar-refractivity contribution in [3.63, 3.8) is 0 Å². The Labute approximate surface area is 179 Å². The number of ether oxygens (including phenoxy) is 1. The fourth-order valence-corrected chi connectivity index (χ4v) is 3.29. The molecule has 32 heavy (non-hydrogen) atoms. The van der Waals surface area contributed by atoms with Crippen molar-refractivity contribution in [1.29, 1.82) is 0 Å². The van der Waals surface area contributed by atoms with Crippen molar-refractivity contribution in [1.82, 2.24) is 19.5 Å². The van der Waals surface area contributed by atoms with E-state index in [1.165, 1.54) is 22.8 Å². The molecule has 2 heterocycles. The Morgan fingerprint density at radius 3 is 2.59 bits per heavy atom. The fraction of sp³-hybridized carbons (Fsp3) is 0.136. The molecule has 0 aliphatic carbocycles. The van der Waals surface area contributed by atoms with Gasteiger partial charge >= 0.3 is 12.1 Å². The molecule has 2 aromatic heterocycles. The molecule has 0 unspecified atom stereocenters. The number of rotatable bonds is 6. The zero-order valence-corrected chi connectivity index (χ0v) is 16.9. The third-order valence-electron chi connectivity index (χ3n) is 4.67. The molecule has 0 saturated heterocycles. The average molecular weight is 441 g/mol. The SMILES string of the molecule is C=Nc1[nH]c(=O)n(-c2ccc(-c3nc4ccc(OC(F)(F)F)cc4[nH]3)cc2)c1/C=C\CC. The highest BCUT2D eigenvalue weighted by atomic mass is 19.4. The lowest BCUT2D eigenvalue weighted by atomic mass is 10.2. The second kappa shape index (κ2) is 8.22.